The van der Waals surface area contributed by atoms with Gasteiger partial charge in [-0.15, -0.1) is 5.10 Å². The lowest BCUT2D eigenvalue weighted by Gasteiger charge is -2.31. The van der Waals surface area contributed by atoms with Gasteiger partial charge in [0.05, 0.1) is 28.0 Å². The fourth-order valence-corrected chi connectivity index (χ4v) is 5.16. The molecule has 0 atom stereocenters. The van der Waals surface area contributed by atoms with E-state index in [0.29, 0.717) is 18.4 Å². The lowest BCUT2D eigenvalue weighted by molar-refractivity contribution is -0.255. The Hall–Kier alpha value is -2.99. The number of aromatic nitrogens is 3. The highest BCUT2D eigenvalue weighted by Crippen LogP contribution is 2.33. The molecule has 8 nitrogen and oxygen atoms in total. The van der Waals surface area contributed by atoms with E-state index in [-0.39, 0.29) is 35.1 Å². The Balaban J connectivity index is 1.52. The average Bonchev–Trinajstić information content (AvgIpc) is 3.16. The summed E-state index contributed by atoms with van der Waals surface area (Å²) < 4.78 is 67.2. The molecule has 164 valence electrons. The third-order valence-electron chi connectivity index (χ3n) is 5.28. The van der Waals surface area contributed by atoms with Crippen LogP contribution in [0.25, 0.3) is 11.0 Å². The van der Waals surface area contributed by atoms with Crippen molar-refractivity contribution in [3.05, 3.63) is 53.6 Å². The second-order valence-corrected chi connectivity index (χ2v) is 9.12. The largest absolute Gasteiger partial charge is 0.545 e. The van der Waals surface area contributed by atoms with Gasteiger partial charge in [0.2, 0.25) is 10.0 Å². The number of fused-ring (bicyclic) bond motifs is 1. The summed E-state index contributed by atoms with van der Waals surface area (Å²) >= 11 is 0. The molecule has 1 aromatic heterocycles. The Kier molecular flexibility index (Phi) is 5.21. The highest BCUT2D eigenvalue weighted by Gasteiger charge is 2.33. The molecular formula is C19H16F3N4O4S-. The van der Waals surface area contributed by atoms with Gasteiger partial charge in [-0.2, -0.15) is 17.5 Å². The van der Waals surface area contributed by atoms with E-state index < -0.39 is 27.7 Å². The number of rotatable bonds is 4. The molecule has 4 rings (SSSR count). The van der Waals surface area contributed by atoms with Crippen molar-refractivity contribution in [2.75, 3.05) is 13.1 Å². The van der Waals surface area contributed by atoms with E-state index in [1.54, 1.807) is 0 Å². The molecule has 0 aliphatic carbocycles. The Morgan fingerprint density at radius 3 is 2.45 bits per heavy atom. The van der Waals surface area contributed by atoms with Crippen molar-refractivity contribution < 1.29 is 31.5 Å². The van der Waals surface area contributed by atoms with Crippen LogP contribution in [0, 0.1) is 0 Å². The molecule has 1 saturated heterocycles. The summed E-state index contributed by atoms with van der Waals surface area (Å²) in [5, 5.41) is 18.8. The van der Waals surface area contributed by atoms with E-state index in [9.17, 15) is 31.5 Å². The maximum absolute atomic E-state index is 12.9. The molecule has 1 fully saturated rings. The van der Waals surface area contributed by atoms with Crippen molar-refractivity contribution in [3.63, 3.8) is 0 Å². The standard InChI is InChI=1S/C19H17F3N4O4S/c20-19(21,22)13-4-5-17-16(11-13)23-24-26(17)14-6-8-25(9-7-14)31(29,30)15-3-1-2-12(10-15)18(27)28/h1-5,10-11,14H,6-9H2,(H,27,28)/p-1. The van der Waals surface area contributed by atoms with Crippen molar-refractivity contribution in [2.45, 2.75) is 30.0 Å². The third-order valence-corrected chi connectivity index (χ3v) is 7.17. The van der Waals surface area contributed by atoms with Gasteiger partial charge in [0.25, 0.3) is 0 Å². The van der Waals surface area contributed by atoms with E-state index in [1.807, 2.05) is 0 Å². The van der Waals surface area contributed by atoms with Crippen LogP contribution in [0.4, 0.5) is 13.2 Å². The number of sulfonamides is 1. The van der Waals surface area contributed by atoms with Crippen molar-refractivity contribution in [1.29, 1.82) is 0 Å². The molecular weight excluding hydrogens is 437 g/mol. The number of piperidine rings is 1. The molecule has 1 aliphatic heterocycles. The zero-order valence-corrected chi connectivity index (χ0v) is 16.7. The second kappa shape index (κ2) is 7.61. The first-order chi connectivity index (χ1) is 14.6. The molecule has 1 aliphatic rings. The van der Waals surface area contributed by atoms with Crippen LogP contribution in [0.2, 0.25) is 0 Å². The number of hydrogen-bond acceptors (Lipinski definition) is 6. The molecule has 12 heteroatoms. The Labute approximate surface area is 174 Å². The van der Waals surface area contributed by atoms with Gasteiger partial charge in [-0.3, -0.25) is 0 Å². The summed E-state index contributed by atoms with van der Waals surface area (Å²) in [4.78, 5) is 10.9. The molecule has 0 spiro atoms. The Morgan fingerprint density at radius 2 is 1.81 bits per heavy atom. The van der Waals surface area contributed by atoms with Gasteiger partial charge in [-0.25, -0.2) is 13.1 Å². The number of carbonyl (C=O) groups is 1. The van der Waals surface area contributed by atoms with Gasteiger partial charge < -0.3 is 9.90 Å². The van der Waals surface area contributed by atoms with Gasteiger partial charge in [0.1, 0.15) is 5.52 Å². The summed E-state index contributed by atoms with van der Waals surface area (Å²) in [5.41, 5.74) is -0.491. The zero-order chi connectivity index (χ0) is 22.4. The second-order valence-electron chi connectivity index (χ2n) is 7.19. The van der Waals surface area contributed by atoms with Crippen LogP contribution >= 0.6 is 0 Å². The smallest absolute Gasteiger partial charge is 0.416 e. The number of benzene rings is 2. The van der Waals surface area contributed by atoms with Gasteiger partial charge in [0, 0.05) is 13.1 Å². The van der Waals surface area contributed by atoms with E-state index in [0.717, 1.165) is 18.2 Å². The Bertz CT molecular complexity index is 1250. The number of carbonyl (C=O) groups excluding carboxylic acids is 1. The van der Waals surface area contributed by atoms with Crippen LogP contribution in [0.1, 0.15) is 34.8 Å². The minimum atomic E-state index is -4.48. The first-order valence-electron chi connectivity index (χ1n) is 9.31. The van der Waals surface area contributed by atoms with Gasteiger partial charge in [0.15, 0.2) is 0 Å². The molecule has 0 amide bonds. The quantitative estimate of drug-likeness (QED) is 0.597. The summed E-state index contributed by atoms with van der Waals surface area (Å²) in [5.74, 6) is -1.47. The van der Waals surface area contributed by atoms with Crippen molar-refractivity contribution >= 4 is 27.0 Å². The van der Waals surface area contributed by atoms with Gasteiger partial charge in [-0.1, -0.05) is 17.3 Å². The maximum Gasteiger partial charge on any atom is 0.416 e. The summed E-state index contributed by atoms with van der Waals surface area (Å²) in [7, 11) is -3.90. The molecule has 31 heavy (non-hydrogen) atoms. The number of alkyl halides is 3. The third kappa shape index (κ3) is 4.00. The number of hydrogen-bond donors (Lipinski definition) is 0. The van der Waals surface area contributed by atoms with Gasteiger partial charge in [-0.05, 0) is 48.7 Å². The van der Waals surface area contributed by atoms with Crippen LogP contribution < -0.4 is 5.11 Å². The predicted molar refractivity (Wildman–Crippen MR) is 100 cm³/mol. The van der Waals surface area contributed by atoms with Crippen molar-refractivity contribution in [3.8, 4) is 0 Å². The SMILES string of the molecule is O=C([O-])c1cccc(S(=O)(=O)N2CCC(n3nnc4cc(C(F)(F)F)ccc43)CC2)c1. The predicted octanol–water partition coefficient (Wildman–Crippen LogP) is 1.84. The number of aromatic carboxylic acids is 1. The molecule has 3 aromatic rings. The van der Waals surface area contributed by atoms with E-state index >= 15 is 0 Å². The molecule has 0 bridgehead atoms. The monoisotopic (exact) mass is 453 g/mol. The van der Waals surface area contributed by atoms with Crippen molar-refractivity contribution in [2.24, 2.45) is 0 Å². The van der Waals surface area contributed by atoms with Crippen LogP contribution in [-0.4, -0.2) is 46.8 Å². The van der Waals surface area contributed by atoms with E-state index in [4.69, 9.17) is 0 Å². The van der Waals surface area contributed by atoms with Crippen LogP contribution in [0.3, 0.4) is 0 Å². The van der Waals surface area contributed by atoms with E-state index in [1.165, 1.54) is 33.3 Å². The fraction of sp³-hybridized carbons (Fsp3) is 0.316. The van der Waals surface area contributed by atoms with Crippen LogP contribution in [0.5, 0.6) is 0 Å². The number of carboxylic acids is 1. The first kappa shape index (κ1) is 21.2. The lowest BCUT2D eigenvalue weighted by Crippen LogP contribution is -2.39. The van der Waals surface area contributed by atoms with Crippen molar-refractivity contribution in [1.82, 2.24) is 19.3 Å². The highest BCUT2D eigenvalue weighted by molar-refractivity contribution is 7.89. The summed E-state index contributed by atoms with van der Waals surface area (Å²) in [6, 6.07) is 7.93. The normalized spacial score (nSPS) is 16.6. The molecule has 2 heterocycles. The average molecular weight is 453 g/mol. The zero-order valence-electron chi connectivity index (χ0n) is 15.9. The molecule has 0 saturated carbocycles. The fourth-order valence-electron chi connectivity index (χ4n) is 3.65. The number of nitrogens with zero attached hydrogens (tertiary/aromatic N) is 4. The topological polar surface area (TPSA) is 108 Å². The summed E-state index contributed by atoms with van der Waals surface area (Å²) in [6.07, 6.45) is -3.73. The Morgan fingerprint density at radius 1 is 1.10 bits per heavy atom. The number of carboxylic acid groups (broad SMARTS) is 1. The summed E-state index contributed by atoms with van der Waals surface area (Å²) in [6.45, 7) is 0.287. The molecule has 0 N–H and O–H groups in total. The van der Waals surface area contributed by atoms with Gasteiger partial charge >= 0.3 is 6.18 Å². The van der Waals surface area contributed by atoms with Crippen LogP contribution in [-0.2, 0) is 16.2 Å². The minimum absolute atomic E-state index is 0.115. The highest BCUT2D eigenvalue weighted by atomic mass is 32.2. The minimum Gasteiger partial charge on any atom is -0.545 e. The molecule has 2 aromatic carbocycles. The lowest BCUT2D eigenvalue weighted by atomic mass is 10.1. The molecule has 0 unspecified atom stereocenters. The molecule has 0 radical (unpaired) electrons. The number of halogens is 3. The van der Waals surface area contributed by atoms with E-state index in [2.05, 4.69) is 10.3 Å². The first-order valence-corrected chi connectivity index (χ1v) is 10.7. The maximum atomic E-state index is 12.9. The van der Waals surface area contributed by atoms with Crippen LogP contribution in [0.15, 0.2) is 47.4 Å².